The quantitative estimate of drug-likeness (QED) is 0.482. The van der Waals surface area contributed by atoms with E-state index in [2.05, 4.69) is 15.6 Å². The summed E-state index contributed by atoms with van der Waals surface area (Å²) in [5, 5.41) is 24.5. The number of hydrogen-bond acceptors (Lipinski definition) is 5. The second-order valence-corrected chi connectivity index (χ2v) is 7.08. The molecule has 0 radical (unpaired) electrons. The van der Waals surface area contributed by atoms with E-state index in [1.165, 1.54) is 0 Å². The lowest BCUT2D eigenvalue weighted by Crippen LogP contribution is -2.55. The number of rotatable bonds is 9. The minimum Gasteiger partial charge on any atom is -0.426 e. The van der Waals surface area contributed by atoms with Crippen molar-refractivity contribution in [1.82, 2.24) is 15.6 Å². The van der Waals surface area contributed by atoms with E-state index in [9.17, 15) is 19.6 Å². The Balaban J connectivity index is 2.16. The molecular formula is C20H26BN3O4. The summed E-state index contributed by atoms with van der Waals surface area (Å²) in [5.41, 5.74) is 1.07. The summed E-state index contributed by atoms with van der Waals surface area (Å²) in [7, 11) is -1.69. The van der Waals surface area contributed by atoms with Gasteiger partial charge >= 0.3 is 7.12 Å². The zero-order chi connectivity index (χ0) is 20.5. The lowest BCUT2D eigenvalue weighted by molar-refractivity contribution is -0.123. The molecule has 1 aromatic carbocycles. The van der Waals surface area contributed by atoms with E-state index >= 15 is 0 Å². The summed E-state index contributed by atoms with van der Waals surface area (Å²) < 4.78 is 0. The van der Waals surface area contributed by atoms with Crippen LogP contribution in [0.25, 0.3) is 0 Å². The highest BCUT2D eigenvalue weighted by molar-refractivity contribution is 6.43. The van der Waals surface area contributed by atoms with Crippen molar-refractivity contribution in [2.45, 2.75) is 38.7 Å². The highest BCUT2D eigenvalue weighted by atomic mass is 16.4. The Morgan fingerprint density at radius 2 is 1.71 bits per heavy atom. The molecule has 0 fully saturated rings. The summed E-state index contributed by atoms with van der Waals surface area (Å²) in [6.45, 7) is 3.84. The Kier molecular flexibility index (Phi) is 8.16. The molecule has 2 aromatic rings. The molecular weight excluding hydrogens is 357 g/mol. The van der Waals surface area contributed by atoms with Gasteiger partial charge in [0.1, 0.15) is 6.04 Å². The van der Waals surface area contributed by atoms with Gasteiger partial charge in [0.15, 0.2) is 0 Å². The third-order valence-electron chi connectivity index (χ3n) is 4.21. The van der Waals surface area contributed by atoms with Crippen LogP contribution >= 0.6 is 0 Å². The molecule has 0 saturated carbocycles. The van der Waals surface area contributed by atoms with Gasteiger partial charge in [0.25, 0.3) is 5.91 Å². The normalized spacial score (nSPS) is 12.9. The first-order valence-corrected chi connectivity index (χ1v) is 9.29. The maximum absolute atomic E-state index is 12.8. The molecule has 0 saturated heterocycles. The van der Waals surface area contributed by atoms with Crippen molar-refractivity contribution in [3.63, 3.8) is 0 Å². The van der Waals surface area contributed by atoms with Crippen LogP contribution in [-0.4, -0.2) is 45.9 Å². The van der Waals surface area contributed by atoms with E-state index in [1.54, 1.807) is 54.7 Å². The third kappa shape index (κ3) is 6.79. The van der Waals surface area contributed by atoms with Crippen LogP contribution in [-0.2, 0) is 11.2 Å². The maximum Gasteiger partial charge on any atom is 0.475 e. The zero-order valence-electron chi connectivity index (χ0n) is 16.1. The van der Waals surface area contributed by atoms with E-state index in [4.69, 9.17) is 0 Å². The fourth-order valence-corrected chi connectivity index (χ4v) is 2.81. The number of carbonyl (C=O) groups excluding carboxylic acids is 2. The van der Waals surface area contributed by atoms with Crippen molar-refractivity contribution >= 4 is 18.9 Å². The number of benzene rings is 1. The minimum absolute atomic E-state index is 0.153. The van der Waals surface area contributed by atoms with Gasteiger partial charge in [-0.3, -0.25) is 14.6 Å². The highest BCUT2D eigenvalue weighted by Crippen LogP contribution is 2.08. The number of aromatic nitrogens is 1. The van der Waals surface area contributed by atoms with E-state index in [0.29, 0.717) is 17.7 Å². The van der Waals surface area contributed by atoms with E-state index in [0.717, 1.165) is 0 Å². The minimum atomic E-state index is -1.69. The number of amides is 2. The molecule has 2 amide bonds. The monoisotopic (exact) mass is 383 g/mol. The van der Waals surface area contributed by atoms with Crippen molar-refractivity contribution in [2.24, 2.45) is 5.92 Å². The van der Waals surface area contributed by atoms with Crippen molar-refractivity contribution in [1.29, 1.82) is 0 Å². The SMILES string of the molecule is CC(C)C[C@H](NC(=O)[C@H](Cc1ccccn1)NC(=O)c1ccccc1)B(O)O. The molecule has 0 aliphatic carbocycles. The Morgan fingerprint density at radius 3 is 2.29 bits per heavy atom. The van der Waals surface area contributed by atoms with Gasteiger partial charge in [0, 0.05) is 23.9 Å². The Bertz CT molecular complexity index is 757. The fraction of sp³-hybridized carbons (Fsp3) is 0.350. The molecule has 1 heterocycles. The van der Waals surface area contributed by atoms with Crippen LogP contribution in [0.15, 0.2) is 54.7 Å². The number of pyridine rings is 1. The summed E-state index contributed by atoms with van der Waals surface area (Å²) in [6.07, 6.45) is 2.19. The molecule has 8 heteroatoms. The van der Waals surface area contributed by atoms with Gasteiger partial charge in [-0.1, -0.05) is 38.1 Å². The first kappa shape index (κ1) is 21.6. The largest absolute Gasteiger partial charge is 0.475 e. The standard InChI is InChI=1S/C20H26BN3O4/c1-14(2)12-18(21(27)28)24-20(26)17(13-16-10-6-7-11-22-16)23-19(25)15-8-4-3-5-9-15/h3-11,14,17-18,27-28H,12-13H2,1-2H3,(H,23,25)(H,24,26)/t17-,18-/m0/s1. The molecule has 0 aliphatic rings. The van der Waals surface area contributed by atoms with Crippen molar-refractivity contribution < 1.29 is 19.6 Å². The lowest BCUT2D eigenvalue weighted by atomic mass is 9.75. The lowest BCUT2D eigenvalue weighted by Gasteiger charge is -2.24. The third-order valence-corrected chi connectivity index (χ3v) is 4.21. The number of nitrogens with one attached hydrogen (secondary N) is 2. The summed E-state index contributed by atoms with van der Waals surface area (Å²) in [5.74, 6) is -1.55. The number of carbonyl (C=O) groups is 2. The van der Waals surface area contributed by atoms with Gasteiger partial charge in [-0.15, -0.1) is 0 Å². The molecule has 0 aliphatic heterocycles. The Hall–Kier alpha value is -2.71. The highest BCUT2D eigenvalue weighted by Gasteiger charge is 2.30. The smallest absolute Gasteiger partial charge is 0.426 e. The molecule has 148 valence electrons. The predicted molar refractivity (Wildman–Crippen MR) is 107 cm³/mol. The molecule has 0 bridgehead atoms. The van der Waals surface area contributed by atoms with E-state index in [1.807, 2.05) is 13.8 Å². The Labute approximate surface area is 165 Å². The van der Waals surface area contributed by atoms with Crippen LogP contribution in [0.3, 0.4) is 0 Å². The van der Waals surface area contributed by atoms with Crippen molar-refractivity contribution in [3.05, 3.63) is 66.0 Å². The summed E-state index contributed by atoms with van der Waals surface area (Å²) >= 11 is 0. The average Bonchev–Trinajstić information content (AvgIpc) is 2.68. The van der Waals surface area contributed by atoms with Crippen LogP contribution in [0.5, 0.6) is 0 Å². The van der Waals surface area contributed by atoms with Crippen LogP contribution in [0.4, 0.5) is 0 Å². The Morgan fingerprint density at radius 1 is 1.04 bits per heavy atom. The van der Waals surface area contributed by atoms with Crippen LogP contribution in [0.2, 0.25) is 0 Å². The first-order valence-electron chi connectivity index (χ1n) is 9.29. The van der Waals surface area contributed by atoms with Gasteiger partial charge in [-0.2, -0.15) is 0 Å². The van der Waals surface area contributed by atoms with Gasteiger partial charge < -0.3 is 20.7 Å². The van der Waals surface area contributed by atoms with E-state index < -0.39 is 25.0 Å². The number of hydrogen-bond donors (Lipinski definition) is 4. The molecule has 2 rings (SSSR count). The molecule has 0 spiro atoms. The van der Waals surface area contributed by atoms with Gasteiger partial charge in [-0.05, 0) is 36.6 Å². The van der Waals surface area contributed by atoms with Gasteiger partial charge in [0.05, 0.1) is 5.94 Å². The molecule has 4 N–H and O–H groups in total. The molecule has 2 atom stereocenters. The topological polar surface area (TPSA) is 112 Å². The van der Waals surface area contributed by atoms with Crippen LogP contribution < -0.4 is 10.6 Å². The molecule has 28 heavy (non-hydrogen) atoms. The fourth-order valence-electron chi connectivity index (χ4n) is 2.81. The van der Waals surface area contributed by atoms with Crippen molar-refractivity contribution in [2.75, 3.05) is 0 Å². The van der Waals surface area contributed by atoms with Gasteiger partial charge in [0.2, 0.25) is 5.91 Å². The second-order valence-electron chi connectivity index (χ2n) is 7.08. The predicted octanol–water partition coefficient (Wildman–Crippen LogP) is 0.966. The maximum atomic E-state index is 12.8. The molecule has 7 nitrogen and oxygen atoms in total. The zero-order valence-corrected chi connectivity index (χ0v) is 16.1. The van der Waals surface area contributed by atoms with Crippen LogP contribution in [0.1, 0.15) is 36.3 Å². The van der Waals surface area contributed by atoms with E-state index in [-0.39, 0.29) is 18.2 Å². The molecule has 0 unspecified atom stereocenters. The average molecular weight is 383 g/mol. The summed E-state index contributed by atoms with van der Waals surface area (Å²) in [6, 6.07) is 13.0. The number of nitrogens with zero attached hydrogens (tertiary/aromatic N) is 1. The second kappa shape index (κ2) is 10.6. The van der Waals surface area contributed by atoms with Gasteiger partial charge in [-0.25, -0.2) is 0 Å². The first-order chi connectivity index (χ1) is 13.4. The summed E-state index contributed by atoms with van der Waals surface area (Å²) in [4.78, 5) is 29.6. The van der Waals surface area contributed by atoms with Crippen molar-refractivity contribution in [3.8, 4) is 0 Å². The molecule has 1 aromatic heterocycles. The van der Waals surface area contributed by atoms with Crippen LogP contribution in [0, 0.1) is 5.92 Å².